The minimum absolute atomic E-state index is 0.719. The minimum atomic E-state index is 0.719. The van der Waals surface area contributed by atoms with E-state index >= 15 is 0 Å². The molecule has 3 heteroatoms. The average molecular weight is 284 g/mol. The summed E-state index contributed by atoms with van der Waals surface area (Å²) < 4.78 is 5.57. The van der Waals surface area contributed by atoms with Gasteiger partial charge in [0, 0.05) is 43.6 Å². The molecule has 1 aromatic carbocycles. The van der Waals surface area contributed by atoms with Crippen molar-refractivity contribution in [1.29, 1.82) is 0 Å². The van der Waals surface area contributed by atoms with E-state index in [4.69, 9.17) is 4.74 Å². The van der Waals surface area contributed by atoms with Crippen LogP contribution in [0.3, 0.4) is 0 Å². The molecule has 21 heavy (non-hydrogen) atoms. The molecule has 0 atom stereocenters. The molecule has 0 N–H and O–H groups in total. The van der Waals surface area contributed by atoms with Crippen molar-refractivity contribution in [1.82, 2.24) is 4.98 Å². The number of benzene rings is 1. The number of ether oxygens (including phenoxy) is 1. The summed E-state index contributed by atoms with van der Waals surface area (Å²) in [5, 5.41) is 1.28. The fourth-order valence-electron chi connectivity index (χ4n) is 3.21. The summed E-state index contributed by atoms with van der Waals surface area (Å²) in [5.74, 6) is 0.719. The maximum Gasteiger partial charge on any atom is 0.0751 e. The zero-order valence-corrected chi connectivity index (χ0v) is 13.0. The first-order chi connectivity index (χ1) is 10.3. The number of rotatable bonds is 4. The highest BCUT2D eigenvalue weighted by Crippen LogP contribution is 2.30. The van der Waals surface area contributed by atoms with Crippen LogP contribution in [0.2, 0.25) is 0 Å². The van der Waals surface area contributed by atoms with Gasteiger partial charge in [-0.05, 0) is 44.2 Å². The molecular weight excluding hydrogens is 260 g/mol. The lowest BCUT2D eigenvalue weighted by molar-refractivity contribution is 0.100. The van der Waals surface area contributed by atoms with Gasteiger partial charge in [-0.2, -0.15) is 0 Å². The van der Waals surface area contributed by atoms with E-state index in [1.165, 1.54) is 29.5 Å². The Hall–Kier alpha value is -1.61. The Kier molecular flexibility index (Phi) is 4.39. The number of nitrogens with zero attached hydrogens (tertiary/aromatic N) is 2. The summed E-state index contributed by atoms with van der Waals surface area (Å²) in [7, 11) is 0. The molecule has 3 rings (SSSR count). The van der Waals surface area contributed by atoms with Gasteiger partial charge in [0.2, 0.25) is 0 Å². The molecule has 2 aromatic rings. The second-order valence-corrected chi connectivity index (χ2v) is 5.89. The van der Waals surface area contributed by atoms with Crippen molar-refractivity contribution in [2.24, 2.45) is 5.92 Å². The Morgan fingerprint density at radius 1 is 1.24 bits per heavy atom. The molecule has 0 bridgehead atoms. The van der Waals surface area contributed by atoms with Gasteiger partial charge < -0.3 is 9.64 Å². The first-order valence-electron chi connectivity index (χ1n) is 7.96. The van der Waals surface area contributed by atoms with Crippen LogP contribution in [0.5, 0.6) is 0 Å². The third-order valence-electron chi connectivity index (χ3n) is 4.46. The van der Waals surface area contributed by atoms with Gasteiger partial charge in [0.1, 0.15) is 0 Å². The number of piperidine rings is 1. The van der Waals surface area contributed by atoms with Gasteiger partial charge in [0.05, 0.1) is 5.52 Å². The van der Waals surface area contributed by atoms with E-state index in [-0.39, 0.29) is 0 Å². The topological polar surface area (TPSA) is 25.4 Å². The monoisotopic (exact) mass is 284 g/mol. The number of hydrogen-bond acceptors (Lipinski definition) is 3. The molecule has 1 saturated heterocycles. The summed E-state index contributed by atoms with van der Waals surface area (Å²) in [6.07, 6.45) is 4.38. The quantitative estimate of drug-likeness (QED) is 0.854. The van der Waals surface area contributed by atoms with Gasteiger partial charge in [-0.25, -0.2) is 0 Å². The Labute approximate surface area is 126 Å². The minimum Gasteiger partial charge on any atom is -0.381 e. The molecular formula is C18H24N2O. The molecule has 1 aliphatic heterocycles. The Morgan fingerprint density at radius 2 is 2.05 bits per heavy atom. The number of para-hydroxylation sites is 1. The lowest BCUT2D eigenvalue weighted by Crippen LogP contribution is -2.35. The van der Waals surface area contributed by atoms with E-state index in [0.29, 0.717) is 0 Å². The third-order valence-corrected chi connectivity index (χ3v) is 4.46. The van der Waals surface area contributed by atoms with Crippen molar-refractivity contribution in [3.63, 3.8) is 0 Å². The van der Waals surface area contributed by atoms with E-state index in [9.17, 15) is 0 Å². The number of hydrogen-bond donors (Lipinski definition) is 0. The molecule has 0 unspecified atom stereocenters. The molecule has 0 aliphatic carbocycles. The Balaban J connectivity index is 1.78. The smallest absolute Gasteiger partial charge is 0.0751 e. The van der Waals surface area contributed by atoms with E-state index < -0.39 is 0 Å². The Bertz CT molecular complexity index is 603. The van der Waals surface area contributed by atoms with Crippen LogP contribution in [0.15, 0.2) is 30.5 Å². The molecule has 2 heterocycles. The van der Waals surface area contributed by atoms with E-state index in [2.05, 4.69) is 48.0 Å². The second kappa shape index (κ2) is 6.44. The van der Waals surface area contributed by atoms with Gasteiger partial charge in [-0.1, -0.05) is 18.2 Å². The molecule has 3 nitrogen and oxygen atoms in total. The second-order valence-electron chi connectivity index (χ2n) is 5.89. The molecule has 0 spiro atoms. The van der Waals surface area contributed by atoms with Crippen molar-refractivity contribution in [3.8, 4) is 0 Å². The van der Waals surface area contributed by atoms with Crippen molar-refractivity contribution < 1.29 is 4.74 Å². The van der Waals surface area contributed by atoms with Crippen LogP contribution in [0.25, 0.3) is 10.9 Å². The van der Waals surface area contributed by atoms with Gasteiger partial charge in [-0.3, -0.25) is 4.98 Å². The normalized spacial score (nSPS) is 16.6. The largest absolute Gasteiger partial charge is 0.381 e. The highest BCUT2D eigenvalue weighted by molar-refractivity contribution is 5.93. The maximum atomic E-state index is 5.57. The zero-order chi connectivity index (χ0) is 14.7. The van der Waals surface area contributed by atoms with Crippen molar-refractivity contribution in [2.75, 3.05) is 31.2 Å². The zero-order valence-electron chi connectivity index (χ0n) is 13.0. The van der Waals surface area contributed by atoms with Crippen LogP contribution in [0.4, 0.5) is 5.69 Å². The lowest BCUT2D eigenvalue weighted by atomic mass is 9.97. The fourth-order valence-corrected chi connectivity index (χ4v) is 3.21. The number of fused-ring (bicyclic) bond motifs is 1. The summed E-state index contributed by atoms with van der Waals surface area (Å²) in [6.45, 7) is 8.18. The average Bonchev–Trinajstić information content (AvgIpc) is 2.53. The van der Waals surface area contributed by atoms with Crippen molar-refractivity contribution in [3.05, 3.63) is 36.0 Å². The number of aromatic nitrogens is 1. The summed E-state index contributed by atoms with van der Waals surface area (Å²) in [6, 6.07) is 8.61. The molecule has 0 amide bonds. The van der Waals surface area contributed by atoms with Crippen LogP contribution >= 0.6 is 0 Å². The summed E-state index contributed by atoms with van der Waals surface area (Å²) in [5.41, 5.74) is 3.71. The van der Waals surface area contributed by atoms with Gasteiger partial charge >= 0.3 is 0 Å². The van der Waals surface area contributed by atoms with E-state index in [0.717, 1.165) is 37.7 Å². The molecule has 1 fully saturated rings. The van der Waals surface area contributed by atoms with E-state index in [1.54, 1.807) is 0 Å². The fraction of sp³-hybridized carbons (Fsp3) is 0.500. The third kappa shape index (κ3) is 3.03. The molecule has 1 aromatic heterocycles. The van der Waals surface area contributed by atoms with Crippen LogP contribution in [0, 0.1) is 12.8 Å². The van der Waals surface area contributed by atoms with Crippen LogP contribution in [-0.4, -0.2) is 31.3 Å². The van der Waals surface area contributed by atoms with Gasteiger partial charge in [0.15, 0.2) is 0 Å². The first-order valence-corrected chi connectivity index (χ1v) is 7.96. The maximum absolute atomic E-state index is 5.57. The van der Waals surface area contributed by atoms with E-state index in [1.807, 2.05) is 6.20 Å². The van der Waals surface area contributed by atoms with Crippen molar-refractivity contribution >= 4 is 16.6 Å². The predicted octanol–water partition coefficient (Wildman–Crippen LogP) is 3.80. The van der Waals surface area contributed by atoms with Crippen LogP contribution in [0.1, 0.15) is 25.3 Å². The van der Waals surface area contributed by atoms with Crippen LogP contribution in [-0.2, 0) is 4.74 Å². The highest BCUT2D eigenvalue weighted by atomic mass is 16.5. The van der Waals surface area contributed by atoms with Crippen molar-refractivity contribution in [2.45, 2.75) is 26.7 Å². The summed E-state index contributed by atoms with van der Waals surface area (Å²) >= 11 is 0. The highest BCUT2D eigenvalue weighted by Gasteiger charge is 2.20. The van der Waals surface area contributed by atoms with Gasteiger partial charge in [-0.15, -0.1) is 0 Å². The standard InChI is InChI=1S/C18H24N2O/c1-3-21-13-15-8-11-20(12-9-15)17-7-10-19-18-14(2)5-4-6-16(17)18/h4-7,10,15H,3,8-9,11-13H2,1-2H3. The van der Waals surface area contributed by atoms with Gasteiger partial charge in [0.25, 0.3) is 0 Å². The number of pyridine rings is 1. The predicted molar refractivity (Wildman–Crippen MR) is 87.9 cm³/mol. The number of anilines is 1. The first kappa shape index (κ1) is 14.3. The summed E-state index contributed by atoms with van der Waals surface area (Å²) in [4.78, 5) is 7.05. The molecule has 0 saturated carbocycles. The molecule has 112 valence electrons. The molecule has 0 radical (unpaired) electrons. The molecule has 1 aliphatic rings. The SMILES string of the molecule is CCOCC1CCN(c2ccnc3c(C)cccc23)CC1. The number of aryl methyl sites for hydroxylation is 1. The lowest BCUT2D eigenvalue weighted by Gasteiger charge is -2.34. The Morgan fingerprint density at radius 3 is 2.81 bits per heavy atom. The van der Waals surface area contributed by atoms with Crippen LogP contribution < -0.4 is 4.90 Å².